The van der Waals surface area contributed by atoms with E-state index in [0.717, 1.165) is 39.0 Å². The van der Waals surface area contributed by atoms with Crippen molar-refractivity contribution < 1.29 is 4.79 Å². The monoisotopic (exact) mass is 300 g/mol. The smallest absolute Gasteiger partial charge is 0.240 e. The van der Waals surface area contributed by atoms with Gasteiger partial charge in [-0.05, 0) is 59.5 Å². The molecule has 0 fully saturated rings. The third-order valence-corrected chi connectivity index (χ3v) is 3.58. The molecule has 5 nitrogen and oxygen atoms in total. The molecule has 0 saturated heterocycles. The Balaban J connectivity index is 4.58. The number of hydrogen-bond donors (Lipinski definition) is 1. The Morgan fingerprint density at radius 2 is 1.29 bits per heavy atom. The van der Waals surface area contributed by atoms with Gasteiger partial charge in [0, 0.05) is 13.1 Å². The van der Waals surface area contributed by atoms with Gasteiger partial charge < -0.3 is 20.4 Å². The van der Waals surface area contributed by atoms with Gasteiger partial charge >= 0.3 is 0 Å². The molecule has 0 radical (unpaired) electrons. The normalized spacial score (nSPS) is 13.8. The van der Waals surface area contributed by atoms with E-state index < -0.39 is 6.04 Å². The lowest BCUT2D eigenvalue weighted by Gasteiger charge is -2.32. The van der Waals surface area contributed by atoms with Crippen LogP contribution in [0.2, 0.25) is 0 Å². The Morgan fingerprint density at radius 3 is 1.57 bits per heavy atom. The fraction of sp³-hybridized carbons (Fsp3) is 0.938. The molecule has 0 aliphatic carbocycles. The molecule has 0 aromatic rings. The van der Waals surface area contributed by atoms with Crippen LogP contribution in [0.1, 0.15) is 33.6 Å². The van der Waals surface area contributed by atoms with Crippen molar-refractivity contribution in [3.05, 3.63) is 0 Å². The lowest BCUT2D eigenvalue weighted by Crippen LogP contribution is -2.51. The van der Waals surface area contributed by atoms with Crippen molar-refractivity contribution in [3.8, 4) is 0 Å². The van der Waals surface area contributed by atoms with Crippen LogP contribution in [0, 0.1) is 5.41 Å². The van der Waals surface area contributed by atoms with Crippen LogP contribution in [0.25, 0.3) is 0 Å². The molecule has 1 atom stereocenters. The highest BCUT2D eigenvalue weighted by molar-refractivity contribution is 5.82. The number of amides is 1. The highest BCUT2D eigenvalue weighted by Crippen LogP contribution is 2.19. The number of rotatable bonds is 9. The molecule has 21 heavy (non-hydrogen) atoms. The van der Waals surface area contributed by atoms with E-state index >= 15 is 0 Å². The molecule has 1 unspecified atom stereocenters. The third-order valence-electron chi connectivity index (χ3n) is 3.58. The van der Waals surface area contributed by atoms with Crippen molar-refractivity contribution in [2.24, 2.45) is 11.1 Å². The van der Waals surface area contributed by atoms with Gasteiger partial charge in [0.05, 0.1) is 6.04 Å². The summed E-state index contributed by atoms with van der Waals surface area (Å²) in [4.78, 5) is 18.9. The molecular formula is C16H36N4O. The Labute approximate surface area is 131 Å². The summed E-state index contributed by atoms with van der Waals surface area (Å²) in [6.07, 6.45) is 1.97. The van der Waals surface area contributed by atoms with E-state index in [9.17, 15) is 4.79 Å². The average molecular weight is 300 g/mol. The van der Waals surface area contributed by atoms with Crippen LogP contribution in [-0.4, -0.2) is 81.0 Å². The summed E-state index contributed by atoms with van der Waals surface area (Å²) in [5.41, 5.74) is 5.95. The lowest BCUT2D eigenvalue weighted by molar-refractivity contribution is -0.135. The number of nitrogens with two attached hydrogens (primary N) is 1. The number of carbonyl (C=O) groups excluding carboxylic acids is 1. The van der Waals surface area contributed by atoms with Crippen LogP contribution in [0.3, 0.4) is 0 Å². The highest BCUT2D eigenvalue weighted by Gasteiger charge is 2.30. The standard InChI is InChI=1S/C16H36N4O/c1-16(2,3)14(17)15(21)20(12-8-10-18(4)5)13-9-11-19(6)7/h14H,8-13,17H2,1-7H3. The van der Waals surface area contributed by atoms with E-state index in [2.05, 4.69) is 38.0 Å². The van der Waals surface area contributed by atoms with Crippen molar-refractivity contribution in [1.29, 1.82) is 0 Å². The van der Waals surface area contributed by atoms with Gasteiger partial charge in [0.15, 0.2) is 0 Å². The first-order valence-electron chi connectivity index (χ1n) is 7.89. The molecule has 0 rings (SSSR count). The van der Waals surface area contributed by atoms with E-state index in [-0.39, 0.29) is 11.3 Å². The minimum absolute atomic E-state index is 0.0833. The summed E-state index contributed by atoms with van der Waals surface area (Å²) >= 11 is 0. The van der Waals surface area contributed by atoms with Crippen LogP contribution in [-0.2, 0) is 4.79 Å². The Bertz CT molecular complexity index is 283. The minimum atomic E-state index is -0.434. The van der Waals surface area contributed by atoms with Crippen molar-refractivity contribution in [3.63, 3.8) is 0 Å². The summed E-state index contributed by atoms with van der Waals surface area (Å²) in [6.45, 7) is 9.61. The molecule has 0 aromatic heterocycles. The quantitative estimate of drug-likeness (QED) is 0.692. The van der Waals surface area contributed by atoms with Gasteiger partial charge in [-0.2, -0.15) is 0 Å². The number of carbonyl (C=O) groups is 1. The topological polar surface area (TPSA) is 52.8 Å². The SMILES string of the molecule is CN(C)CCCN(CCCN(C)C)C(=O)C(N)C(C)(C)C. The molecule has 5 heteroatoms. The second-order valence-electron chi connectivity index (χ2n) is 7.48. The molecule has 0 aliphatic heterocycles. The van der Waals surface area contributed by atoms with Crippen LogP contribution in [0.4, 0.5) is 0 Å². The summed E-state index contributed by atoms with van der Waals surface area (Å²) < 4.78 is 0. The molecule has 2 N–H and O–H groups in total. The van der Waals surface area contributed by atoms with Gasteiger partial charge in [-0.25, -0.2) is 0 Å². The predicted octanol–water partition coefficient (Wildman–Crippen LogP) is 1.09. The van der Waals surface area contributed by atoms with Gasteiger partial charge in [-0.1, -0.05) is 20.8 Å². The van der Waals surface area contributed by atoms with Gasteiger partial charge in [-0.3, -0.25) is 4.79 Å². The van der Waals surface area contributed by atoms with E-state index in [0.29, 0.717) is 0 Å². The van der Waals surface area contributed by atoms with Gasteiger partial charge in [-0.15, -0.1) is 0 Å². The van der Waals surface area contributed by atoms with Crippen LogP contribution in [0.5, 0.6) is 0 Å². The number of nitrogens with zero attached hydrogens (tertiary/aromatic N) is 3. The molecular weight excluding hydrogens is 264 g/mol. The summed E-state index contributed by atoms with van der Waals surface area (Å²) in [5.74, 6) is 0.0833. The fourth-order valence-electron chi connectivity index (χ4n) is 2.05. The second kappa shape index (κ2) is 9.38. The second-order valence-corrected chi connectivity index (χ2v) is 7.48. The first-order valence-corrected chi connectivity index (χ1v) is 7.89. The summed E-state index contributed by atoms with van der Waals surface area (Å²) in [5, 5.41) is 0. The molecule has 126 valence electrons. The van der Waals surface area contributed by atoms with Crippen molar-refractivity contribution >= 4 is 5.91 Å². The van der Waals surface area contributed by atoms with E-state index in [1.54, 1.807) is 0 Å². The third kappa shape index (κ3) is 9.06. The Kier molecular flexibility index (Phi) is 9.09. The molecule has 0 bridgehead atoms. The fourth-order valence-corrected chi connectivity index (χ4v) is 2.05. The molecule has 0 saturated carbocycles. The maximum Gasteiger partial charge on any atom is 0.240 e. The molecule has 0 heterocycles. The summed E-state index contributed by atoms with van der Waals surface area (Å²) in [7, 11) is 8.22. The maximum absolute atomic E-state index is 12.6. The molecule has 1 amide bonds. The zero-order chi connectivity index (χ0) is 16.6. The molecule has 0 aliphatic rings. The Hall–Kier alpha value is -0.650. The highest BCUT2D eigenvalue weighted by atomic mass is 16.2. The summed E-state index contributed by atoms with van der Waals surface area (Å²) in [6, 6.07) is -0.434. The number of hydrogen-bond acceptors (Lipinski definition) is 4. The first kappa shape index (κ1) is 20.3. The molecule has 0 spiro atoms. The van der Waals surface area contributed by atoms with E-state index in [1.807, 2.05) is 25.7 Å². The van der Waals surface area contributed by atoms with Gasteiger partial charge in [0.2, 0.25) is 5.91 Å². The van der Waals surface area contributed by atoms with Crippen LogP contribution < -0.4 is 5.73 Å². The first-order chi connectivity index (χ1) is 9.55. The zero-order valence-corrected chi connectivity index (χ0v) is 15.1. The van der Waals surface area contributed by atoms with Crippen LogP contribution >= 0.6 is 0 Å². The molecule has 0 aromatic carbocycles. The van der Waals surface area contributed by atoms with Crippen molar-refractivity contribution in [2.45, 2.75) is 39.7 Å². The average Bonchev–Trinajstić information content (AvgIpc) is 2.33. The van der Waals surface area contributed by atoms with E-state index in [4.69, 9.17) is 5.73 Å². The van der Waals surface area contributed by atoms with Gasteiger partial charge in [0.1, 0.15) is 0 Å². The zero-order valence-electron chi connectivity index (χ0n) is 15.1. The van der Waals surface area contributed by atoms with Crippen LogP contribution in [0.15, 0.2) is 0 Å². The predicted molar refractivity (Wildman–Crippen MR) is 90.4 cm³/mol. The Morgan fingerprint density at radius 1 is 0.905 bits per heavy atom. The lowest BCUT2D eigenvalue weighted by atomic mass is 9.86. The van der Waals surface area contributed by atoms with Crippen molar-refractivity contribution in [1.82, 2.24) is 14.7 Å². The minimum Gasteiger partial charge on any atom is -0.341 e. The van der Waals surface area contributed by atoms with Gasteiger partial charge in [0.25, 0.3) is 0 Å². The van der Waals surface area contributed by atoms with E-state index in [1.165, 1.54) is 0 Å². The van der Waals surface area contributed by atoms with Crippen molar-refractivity contribution in [2.75, 3.05) is 54.4 Å². The maximum atomic E-state index is 12.6. The largest absolute Gasteiger partial charge is 0.341 e.